The number of benzene rings is 1. The van der Waals surface area contributed by atoms with Gasteiger partial charge in [0, 0.05) is 35.9 Å². The van der Waals surface area contributed by atoms with Crippen molar-refractivity contribution in [3.63, 3.8) is 0 Å². The minimum absolute atomic E-state index is 0.0126. The van der Waals surface area contributed by atoms with Crippen LogP contribution in [-0.4, -0.2) is 43.2 Å². The van der Waals surface area contributed by atoms with Gasteiger partial charge in [0.2, 0.25) is 5.91 Å². The zero-order chi connectivity index (χ0) is 17.5. The van der Waals surface area contributed by atoms with Crippen molar-refractivity contribution in [2.45, 2.75) is 32.4 Å². The summed E-state index contributed by atoms with van der Waals surface area (Å²) < 4.78 is 5.78. The third-order valence-corrected chi connectivity index (χ3v) is 5.44. The number of thiophene rings is 1. The molecule has 0 aliphatic carbocycles. The Labute approximate surface area is 153 Å². The summed E-state index contributed by atoms with van der Waals surface area (Å²) in [5, 5.41) is 3.02. The van der Waals surface area contributed by atoms with Crippen LogP contribution in [0.4, 0.5) is 0 Å². The van der Waals surface area contributed by atoms with Gasteiger partial charge in [0.1, 0.15) is 0 Å². The second kappa shape index (κ2) is 9.13. The summed E-state index contributed by atoms with van der Waals surface area (Å²) in [5.74, 6) is 0.0832. The van der Waals surface area contributed by atoms with Crippen molar-refractivity contribution in [2.75, 3.05) is 26.2 Å². The smallest absolute Gasteiger partial charge is 0.222 e. The number of nitrogens with one attached hydrogen (secondary N) is 1. The van der Waals surface area contributed by atoms with E-state index in [1.165, 1.54) is 15.3 Å². The molecule has 134 valence electrons. The number of aryl methyl sites for hydroxylation is 1. The van der Waals surface area contributed by atoms with Crippen molar-refractivity contribution in [3.8, 4) is 0 Å². The molecular formula is C20H26N2O2S. The average molecular weight is 359 g/mol. The summed E-state index contributed by atoms with van der Waals surface area (Å²) in [6, 6.07) is 14.7. The van der Waals surface area contributed by atoms with E-state index in [1.54, 1.807) is 11.3 Å². The number of amides is 1. The molecule has 2 heterocycles. The van der Waals surface area contributed by atoms with Crippen molar-refractivity contribution in [1.29, 1.82) is 0 Å². The zero-order valence-corrected chi connectivity index (χ0v) is 15.6. The fourth-order valence-electron chi connectivity index (χ4n) is 3.11. The number of nitrogens with zero attached hydrogens (tertiary/aromatic N) is 1. The molecule has 2 aromatic rings. The molecule has 5 heteroatoms. The van der Waals surface area contributed by atoms with Gasteiger partial charge in [-0.1, -0.05) is 30.3 Å². The predicted molar refractivity (Wildman–Crippen MR) is 102 cm³/mol. The molecular weight excluding hydrogens is 332 g/mol. The molecule has 1 fully saturated rings. The first-order chi connectivity index (χ1) is 12.2. The fraction of sp³-hybridized carbons (Fsp3) is 0.450. The molecule has 1 aromatic carbocycles. The Kier molecular flexibility index (Phi) is 6.62. The number of rotatable bonds is 7. The first-order valence-electron chi connectivity index (χ1n) is 8.89. The van der Waals surface area contributed by atoms with Crippen molar-refractivity contribution >= 4 is 17.2 Å². The van der Waals surface area contributed by atoms with E-state index < -0.39 is 0 Å². The van der Waals surface area contributed by atoms with Crippen LogP contribution in [0.15, 0.2) is 42.5 Å². The summed E-state index contributed by atoms with van der Waals surface area (Å²) in [7, 11) is 0. The fourth-order valence-corrected chi connectivity index (χ4v) is 4.00. The van der Waals surface area contributed by atoms with E-state index in [4.69, 9.17) is 4.74 Å². The molecule has 1 saturated heterocycles. The van der Waals surface area contributed by atoms with E-state index in [9.17, 15) is 4.79 Å². The molecule has 0 spiro atoms. The largest absolute Gasteiger partial charge is 0.375 e. The molecule has 0 saturated carbocycles. The van der Waals surface area contributed by atoms with Crippen LogP contribution in [0.25, 0.3) is 0 Å². The quantitative estimate of drug-likeness (QED) is 0.827. The normalized spacial score (nSPS) is 18.2. The number of hydrogen-bond donors (Lipinski definition) is 1. The van der Waals surface area contributed by atoms with E-state index in [-0.39, 0.29) is 12.0 Å². The van der Waals surface area contributed by atoms with Gasteiger partial charge < -0.3 is 10.1 Å². The maximum Gasteiger partial charge on any atom is 0.222 e. The van der Waals surface area contributed by atoms with Gasteiger partial charge in [-0.3, -0.25) is 9.69 Å². The lowest BCUT2D eigenvalue weighted by Gasteiger charge is -2.32. The van der Waals surface area contributed by atoms with Gasteiger partial charge in [0.05, 0.1) is 19.1 Å². The number of morpholine rings is 1. The molecule has 3 rings (SSSR count). The number of ether oxygens (including phenoxy) is 1. The minimum Gasteiger partial charge on any atom is -0.375 e. The molecule has 1 aromatic heterocycles. The van der Waals surface area contributed by atoms with E-state index in [2.05, 4.69) is 53.5 Å². The highest BCUT2D eigenvalue weighted by Gasteiger charge is 2.22. The number of carbonyl (C=O) groups excluding carboxylic acids is 1. The van der Waals surface area contributed by atoms with Gasteiger partial charge in [-0.15, -0.1) is 11.3 Å². The molecule has 0 bridgehead atoms. The van der Waals surface area contributed by atoms with Crippen LogP contribution < -0.4 is 5.32 Å². The van der Waals surface area contributed by atoms with Crippen LogP contribution in [-0.2, 0) is 22.5 Å². The van der Waals surface area contributed by atoms with E-state index in [0.29, 0.717) is 19.6 Å². The molecule has 25 heavy (non-hydrogen) atoms. The summed E-state index contributed by atoms with van der Waals surface area (Å²) in [4.78, 5) is 17.2. The maximum absolute atomic E-state index is 12.2. The lowest BCUT2D eigenvalue weighted by molar-refractivity contribution is -0.126. The highest BCUT2D eigenvalue weighted by molar-refractivity contribution is 7.11. The Morgan fingerprint density at radius 3 is 2.88 bits per heavy atom. The molecule has 0 radical (unpaired) electrons. The van der Waals surface area contributed by atoms with Crippen molar-refractivity contribution in [3.05, 3.63) is 57.8 Å². The Balaban J connectivity index is 1.38. The summed E-state index contributed by atoms with van der Waals surface area (Å²) in [5.41, 5.74) is 1.30. The predicted octanol–water partition coefficient (Wildman–Crippen LogP) is 3.01. The average Bonchev–Trinajstić information content (AvgIpc) is 3.01. The molecule has 1 amide bonds. The van der Waals surface area contributed by atoms with Crippen LogP contribution in [0.2, 0.25) is 0 Å². The Hall–Kier alpha value is -1.69. The highest BCUT2D eigenvalue weighted by Crippen LogP contribution is 2.15. The van der Waals surface area contributed by atoms with Gasteiger partial charge in [0.25, 0.3) is 0 Å². The van der Waals surface area contributed by atoms with Crippen LogP contribution in [0, 0.1) is 6.92 Å². The lowest BCUT2D eigenvalue weighted by Crippen LogP contribution is -2.44. The van der Waals surface area contributed by atoms with Crippen LogP contribution >= 0.6 is 11.3 Å². The lowest BCUT2D eigenvalue weighted by atomic mass is 10.1. The topological polar surface area (TPSA) is 41.6 Å². The van der Waals surface area contributed by atoms with E-state index in [1.807, 2.05) is 6.07 Å². The van der Waals surface area contributed by atoms with Crippen molar-refractivity contribution < 1.29 is 9.53 Å². The Morgan fingerprint density at radius 1 is 1.28 bits per heavy atom. The maximum atomic E-state index is 12.2. The van der Waals surface area contributed by atoms with Crippen molar-refractivity contribution in [2.24, 2.45) is 0 Å². The van der Waals surface area contributed by atoms with E-state index >= 15 is 0 Å². The minimum atomic E-state index is -0.0126. The summed E-state index contributed by atoms with van der Waals surface area (Å²) >= 11 is 1.79. The van der Waals surface area contributed by atoms with E-state index in [0.717, 1.165) is 26.1 Å². The van der Waals surface area contributed by atoms with Crippen LogP contribution in [0.3, 0.4) is 0 Å². The zero-order valence-electron chi connectivity index (χ0n) is 14.7. The second-order valence-corrected chi connectivity index (χ2v) is 7.90. The molecule has 4 nitrogen and oxygen atoms in total. The van der Waals surface area contributed by atoms with Gasteiger partial charge >= 0.3 is 0 Å². The first kappa shape index (κ1) is 18.1. The molecule has 1 aliphatic heterocycles. The molecule has 1 atom stereocenters. The third kappa shape index (κ3) is 5.96. The van der Waals surface area contributed by atoms with Gasteiger partial charge in [-0.2, -0.15) is 0 Å². The number of carbonyl (C=O) groups is 1. The summed E-state index contributed by atoms with van der Waals surface area (Å²) in [6.07, 6.45) is 1.33. The standard InChI is InChI=1S/C20H26N2O2S/c1-16-7-8-19(25-16)9-10-21-20(23)13-18-15-22(11-12-24-18)14-17-5-3-2-4-6-17/h2-8,18H,9-15H2,1H3,(H,21,23)/t18-/m1/s1. The molecule has 1 aliphatic rings. The molecule has 1 N–H and O–H groups in total. The van der Waals surface area contributed by atoms with Gasteiger partial charge in [-0.05, 0) is 31.0 Å². The SMILES string of the molecule is Cc1ccc(CCNC(=O)C[C@@H]2CN(Cc3ccccc3)CCO2)s1. The first-order valence-corrected chi connectivity index (χ1v) is 9.70. The van der Waals surface area contributed by atoms with Gasteiger partial charge in [-0.25, -0.2) is 0 Å². The van der Waals surface area contributed by atoms with Crippen molar-refractivity contribution in [1.82, 2.24) is 10.2 Å². The Morgan fingerprint density at radius 2 is 2.12 bits per heavy atom. The van der Waals surface area contributed by atoms with Crippen LogP contribution in [0.1, 0.15) is 21.7 Å². The second-order valence-electron chi connectivity index (χ2n) is 6.53. The molecule has 0 unspecified atom stereocenters. The van der Waals surface area contributed by atoms with Crippen LogP contribution in [0.5, 0.6) is 0 Å². The monoisotopic (exact) mass is 358 g/mol. The Bertz CT molecular complexity index is 671. The summed E-state index contributed by atoms with van der Waals surface area (Å²) in [6.45, 7) is 6.14. The number of hydrogen-bond acceptors (Lipinski definition) is 4. The highest BCUT2D eigenvalue weighted by atomic mass is 32.1. The third-order valence-electron chi connectivity index (χ3n) is 4.37. The van der Waals surface area contributed by atoms with Gasteiger partial charge in [0.15, 0.2) is 0 Å².